The molecule has 0 spiro atoms. The summed E-state index contributed by atoms with van der Waals surface area (Å²) in [7, 11) is 0. The second kappa shape index (κ2) is 8.80. The molecule has 6 nitrogen and oxygen atoms in total. The topological polar surface area (TPSA) is 62.6 Å². The fourth-order valence-corrected chi connectivity index (χ4v) is 4.25. The van der Waals surface area contributed by atoms with Gasteiger partial charge in [-0.1, -0.05) is 18.2 Å². The van der Waals surface area contributed by atoms with Gasteiger partial charge < -0.3 is 14.4 Å². The molecule has 0 saturated carbocycles. The van der Waals surface area contributed by atoms with Gasteiger partial charge in [0.15, 0.2) is 0 Å². The van der Waals surface area contributed by atoms with E-state index in [9.17, 15) is 14.4 Å². The zero-order valence-electron chi connectivity index (χ0n) is 17.9. The summed E-state index contributed by atoms with van der Waals surface area (Å²) in [6, 6.07) is 7.33. The third kappa shape index (κ3) is 4.36. The number of hydrogen-bond donors (Lipinski definition) is 0. The van der Waals surface area contributed by atoms with Crippen molar-refractivity contribution in [2.45, 2.75) is 65.6 Å². The number of fused-ring (bicyclic) bond motifs is 1. The summed E-state index contributed by atoms with van der Waals surface area (Å²) < 4.78 is 1.81. The van der Waals surface area contributed by atoms with E-state index in [0.29, 0.717) is 10.9 Å². The number of Topliss-reactive ketones (excluding diaryl/α,β-unsaturated/α-hetero) is 1. The van der Waals surface area contributed by atoms with E-state index >= 15 is 0 Å². The van der Waals surface area contributed by atoms with Crippen LogP contribution in [0.15, 0.2) is 30.5 Å². The van der Waals surface area contributed by atoms with Crippen LogP contribution in [0.4, 0.5) is 0 Å². The van der Waals surface area contributed by atoms with Gasteiger partial charge in [0.2, 0.25) is 5.91 Å². The second-order valence-corrected chi connectivity index (χ2v) is 8.36. The van der Waals surface area contributed by atoms with Crippen molar-refractivity contribution in [2.24, 2.45) is 0 Å². The average molecular weight is 398 g/mol. The highest BCUT2D eigenvalue weighted by Gasteiger charge is 2.30. The van der Waals surface area contributed by atoms with Crippen molar-refractivity contribution in [1.82, 2.24) is 14.4 Å². The summed E-state index contributed by atoms with van der Waals surface area (Å²) in [4.78, 5) is 42.3. The van der Waals surface area contributed by atoms with Crippen molar-refractivity contribution in [1.29, 1.82) is 0 Å². The Balaban J connectivity index is 1.92. The van der Waals surface area contributed by atoms with Crippen LogP contribution in [0.1, 0.15) is 57.3 Å². The van der Waals surface area contributed by atoms with Crippen LogP contribution >= 0.6 is 0 Å². The molecule has 2 amide bonds. The second-order valence-electron chi connectivity index (χ2n) is 8.36. The van der Waals surface area contributed by atoms with Gasteiger partial charge in [-0.05, 0) is 53.0 Å². The van der Waals surface area contributed by atoms with Crippen LogP contribution < -0.4 is 0 Å². The molecule has 0 N–H and O–H groups in total. The number of hydrogen-bond acceptors (Lipinski definition) is 3. The molecule has 29 heavy (non-hydrogen) atoms. The van der Waals surface area contributed by atoms with Crippen molar-refractivity contribution < 1.29 is 14.4 Å². The largest absolute Gasteiger partial charge is 0.341 e. The summed E-state index contributed by atoms with van der Waals surface area (Å²) in [5, 5.41) is 0.713. The van der Waals surface area contributed by atoms with Crippen LogP contribution in [0, 0.1) is 0 Å². The molecule has 3 rings (SSSR count). The first kappa shape index (κ1) is 21.1. The molecule has 1 saturated heterocycles. The third-order valence-electron chi connectivity index (χ3n) is 5.59. The smallest absolute Gasteiger partial charge is 0.295 e. The molecule has 6 heteroatoms. The van der Waals surface area contributed by atoms with E-state index in [0.717, 1.165) is 31.4 Å². The minimum Gasteiger partial charge on any atom is -0.341 e. The predicted octanol–water partition coefficient (Wildman–Crippen LogP) is 3.48. The Morgan fingerprint density at radius 1 is 0.966 bits per heavy atom. The molecular formula is C23H31N3O3. The number of likely N-dealkylation sites (tertiary alicyclic amines) is 1. The number of ketones is 1. The quantitative estimate of drug-likeness (QED) is 0.554. The van der Waals surface area contributed by atoms with E-state index in [1.807, 2.05) is 61.4 Å². The highest BCUT2D eigenvalue weighted by atomic mass is 16.2. The van der Waals surface area contributed by atoms with E-state index in [2.05, 4.69) is 0 Å². The lowest BCUT2D eigenvalue weighted by molar-refractivity contribution is -0.132. The third-order valence-corrected chi connectivity index (χ3v) is 5.59. The van der Waals surface area contributed by atoms with Crippen molar-refractivity contribution >= 4 is 28.5 Å². The van der Waals surface area contributed by atoms with Gasteiger partial charge in [-0.15, -0.1) is 0 Å². The Morgan fingerprint density at radius 2 is 1.59 bits per heavy atom. The Hall–Kier alpha value is -2.63. The van der Waals surface area contributed by atoms with Gasteiger partial charge in [-0.2, -0.15) is 0 Å². The summed E-state index contributed by atoms with van der Waals surface area (Å²) >= 11 is 0. The number of rotatable bonds is 6. The molecule has 1 aliphatic rings. The van der Waals surface area contributed by atoms with Crippen LogP contribution in [0.25, 0.3) is 10.9 Å². The van der Waals surface area contributed by atoms with Gasteiger partial charge in [-0.3, -0.25) is 14.4 Å². The van der Waals surface area contributed by atoms with E-state index in [1.54, 1.807) is 11.1 Å². The number of amides is 2. The molecule has 2 aromatic rings. The van der Waals surface area contributed by atoms with E-state index in [4.69, 9.17) is 0 Å². The number of aromatic nitrogens is 1. The first-order valence-electron chi connectivity index (χ1n) is 10.5. The Kier molecular flexibility index (Phi) is 6.40. The Bertz CT molecular complexity index is 899. The Labute approximate surface area is 172 Å². The van der Waals surface area contributed by atoms with Gasteiger partial charge in [-0.25, -0.2) is 0 Å². The molecule has 0 atom stereocenters. The summed E-state index contributed by atoms with van der Waals surface area (Å²) in [6.07, 6.45) is 4.91. The maximum Gasteiger partial charge on any atom is 0.295 e. The standard InChI is InChI=1S/C23H31N3O3/c1-16(2)26(17(3)4)23(29)22(28)19-14-25(20-11-7-6-10-18(19)20)15-21(27)24-12-8-5-9-13-24/h6-7,10-11,14,16-17H,5,8-9,12-13,15H2,1-4H3. The zero-order chi connectivity index (χ0) is 21.1. The normalized spacial score (nSPS) is 14.6. The van der Waals surface area contributed by atoms with E-state index in [1.165, 1.54) is 6.42 Å². The van der Waals surface area contributed by atoms with Gasteiger partial charge >= 0.3 is 0 Å². The monoisotopic (exact) mass is 397 g/mol. The molecule has 1 aliphatic heterocycles. The zero-order valence-corrected chi connectivity index (χ0v) is 17.9. The number of benzene rings is 1. The lowest BCUT2D eigenvalue weighted by Crippen LogP contribution is -2.45. The van der Waals surface area contributed by atoms with Crippen molar-refractivity contribution in [3.8, 4) is 0 Å². The summed E-state index contributed by atoms with van der Waals surface area (Å²) in [5.41, 5.74) is 1.16. The maximum absolute atomic E-state index is 13.1. The minimum atomic E-state index is -0.521. The van der Waals surface area contributed by atoms with Crippen molar-refractivity contribution in [3.63, 3.8) is 0 Å². The van der Waals surface area contributed by atoms with Crippen molar-refractivity contribution in [3.05, 3.63) is 36.0 Å². The maximum atomic E-state index is 13.1. The summed E-state index contributed by atoms with van der Waals surface area (Å²) in [5.74, 6) is -0.963. The van der Waals surface area contributed by atoms with Crippen molar-refractivity contribution in [2.75, 3.05) is 13.1 Å². The SMILES string of the molecule is CC(C)N(C(=O)C(=O)c1cn(CC(=O)N2CCCCC2)c2ccccc12)C(C)C. The van der Waals surface area contributed by atoms with Gasteiger partial charge in [0.25, 0.3) is 11.7 Å². The number of piperidine rings is 1. The molecule has 0 bridgehead atoms. The minimum absolute atomic E-state index is 0.0572. The van der Waals surface area contributed by atoms with E-state index < -0.39 is 11.7 Å². The Morgan fingerprint density at radius 3 is 2.21 bits per heavy atom. The lowest BCUT2D eigenvalue weighted by Gasteiger charge is -2.29. The van der Waals surface area contributed by atoms with Crippen LogP contribution in [0.2, 0.25) is 0 Å². The molecule has 1 aromatic heterocycles. The molecule has 0 unspecified atom stereocenters. The molecular weight excluding hydrogens is 366 g/mol. The number of carbonyl (C=O) groups excluding carboxylic acids is 3. The number of nitrogens with zero attached hydrogens (tertiary/aromatic N) is 3. The van der Waals surface area contributed by atoms with Crippen LogP contribution in [-0.4, -0.2) is 57.1 Å². The first-order chi connectivity index (χ1) is 13.8. The average Bonchev–Trinajstić information content (AvgIpc) is 3.06. The molecule has 1 fully saturated rings. The molecule has 1 aromatic carbocycles. The number of carbonyl (C=O) groups is 3. The fourth-order valence-electron chi connectivity index (χ4n) is 4.25. The molecule has 156 valence electrons. The van der Waals surface area contributed by atoms with Gasteiger partial charge in [0.1, 0.15) is 6.54 Å². The van der Waals surface area contributed by atoms with E-state index in [-0.39, 0.29) is 24.5 Å². The van der Waals surface area contributed by atoms with Crippen LogP contribution in [0.3, 0.4) is 0 Å². The first-order valence-corrected chi connectivity index (χ1v) is 10.5. The summed E-state index contributed by atoms with van der Waals surface area (Å²) in [6.45, 7) is 9.40. The van der Waals surface area contributed by atoms with Crippen LogP contribution in [-0.2, 0) is 16.1 Å². The van der Waals surface area contributed by atoms with Crippen LogP contribution in [0.5, 0.6) is 0 Å². The fraction of sp³-hybridized carbons (Fsp3) is 0.522. The van der Waals surface area contributed by atoms with Gasteiger partial charge in [0, 0.05) is 42.3 Å². The molecule has 0 radical (unpaired) electrons. The molecule has 2 heterocycles. The lowest BCUT2D eigenvalue weighted by atomic mass is 10.1. The highest BCUT2D eigenvalue weighted by molar-refractivity contribution is 6.45. The highest BCUT2D eigenvalue weighted by Crippen LogP contribution is 2.24. The van der Waals surface area contributed by atoms with Gasteiger partial charge in [0.05, 0.1) is 5.56 Å². The predicted molar refractivity (Wildman–Crippen MR) is 114 cm³/mol. The number of para-hydroxylation sites is 1. The molecule has 0 aliphatic carbocycles.